The van der Waals surface area contributed by atoms with Gasteiger partial charge in [-0.3, -0.25) is 4.79 Å². The maximum Gasteiger partial charge on any atom is 0.291 e. The standard InChI is InChI=1S/C26H24ClN3O2S/c1-16-12-13-28-22(15-16)29-24(17-8-10-18(27)11-9-17)23-19-5-2-3-7-21(19)33-26(23)30-25(31)20-6-4-14-32-20/h4,6,8-15,24H,2-3,5,7H2,1H3,(H,28,29)(H,30,31)/t24-/m1/s1. The normalized spacial score (nSPS) is 13.9. The van der Waals surface area contributed by atoms with Gasteiger partial charge < -0.3 is 15.1 Å². The summed E-state index contributed by atoms with van der Waals surface area (Å²) in [6.45, 7) is 2.05. The molecule has 3 aromatic heterocycles. The van der Waals surface area contributed by atoms with Crippen LogP contribution >= 0.6 is 22.9 Å². The number of pyridine rings is 1. The second-order valence-electron chi connectivity index (χ2n) is 8.23. The molecule has 5 rings (SSSR count). The number of benzene rings is 1. The van der Waals surface area contributed by atoms with E-state index >= 15 is 0 Å². The predicted octanol–water partition coefficient (Wildman–Crippen LogP) is 7.03. The van der Waals surface area contributed by atoms with Gasteiger partial charge in [-0.25, -0.2) is 4.98 Å². The van der Waals surface area contributed by atoms with Gasteiger partial charge in [0.15, 0.2) is 5.76 Å². The number of thiophene rings is 1. The van der Waals surface area contributed by atoms with Crippen LogP contribution in [0.4, 0.5) is 10.8 Å². The van der Waals surface area contributed by atoms with E-state index < -0.39 is 0 Å². The number of carbonyl (C=O) groups is 1. The van der Waals surface area contributed by atoms with Gasteiger partial charge in [0, 0.05) is 21.7 Å². The Bertz CT molecular complexity index is 1270. The molecule has 0 fully saturated rings. The number of carbonyl (C=O) groups excluding carboxylic acids is 1. The van der Waals surface area contributed by atoms with Gasteiger partial charge >= 0.3 is 0 Å². The summed E-state index contributed by atoms with van der Waals surface area (Å²) in [5.41, 5.74) is 4.60. The van der Waals surface area contributed by atoms with Crippen molar-refractivity contribution in [3.63, 3.8) is 0 Å². The minimum absolute atomic E-state index is 0.193. The van der Waals surface area contributed by atoms with Crippen molar-refractivity contribution in [2.45, 2.75) is 38.6 Å². The molecule has 1 aliphatic rings. The fourth-order valence-corrected chi connectivity index (χ4v) is 5.75. The van der Waals surface area contributed by atoms with Crippen molar-refractivity contribution >= 4 is 39.7 Å². The zero-order chi connectivity index (χ0) is 22.8. The van der Waals surface area contributed by atoms with E-state index in [4.69, 9.17) is 16.0 Å². The molecule has 1 aliphatic carbocycles. The first-order valence-corrected chi connectivity index (χ1v) is 12.2. The van der Waals surface area contributed by atoms with E-state index in [2.05, 4.69) is 15.6 Å². The smallest absolute Gasteiger partial charge is 0.291 e. The van der Waals surface area contributed by atoms with E-state index in [0.29, 0.717) is 10.8 Å². The number of nitrogens with zero attached hydrogens (tertiary/aromatic N) is 1. The van der Waals surface area contributed by atoms with Gasteiger partial charge in [-0.15, -0.1) is 11.3 Å². The highest BCUT2D eigenvalue weighted by molar-refractivity contribution is 7.16. The Kier molecular flexibility index (Phi) is 6.20. The number of aryl methyl sites for hydroxylation is 2. The number of hydrogen-bond acceptors (Lipinski definition) is 5. The van der Waals surface area contributed by atoms with Crippen molar-refractivity contribution < 1.29 is 9.21 Å². The van der Waals surface area contributed by atoms with Crippen LogP contribution in [-0.4, -0.2) is 10.9 Å². The average molecular weight is 478 g/mol. The highest BCUT2D eigenvalue weighted by Gasteiger charge is 2.29. The quantitative estimate of drug-likeness (QED) is 0.313. The maximum atomic E-state index is 12.9. The fraction of sp³-hybridized carbons (Fsp3) is 0.231. The Hall–Kier alpha value is -3.09. The number of nitrogens with one attached hydrogen (secondary N) is 2. The highest BCUT2D eigenvalue weighted by Crippen LogP contribution is 2.44. The van der Waals surface area contributed by atoms with Crippen molar-refractivity contribution in [3.8, 4) is 0 Å². The van der Waals surface area contributed by atoms with E-state index in [0.717, 1.165) is 53.2 Å². The molecule has 1 amide bonds. The van der Waals surface area contributed by atoms with E-state index in [9.17, 15) is 4.79 Å². The summed E-state index contributed by atoms with van der Waals surface area (Å²) in [6.07, 6.45) is 7.63. The Morgan fingerprint density at radius 2 is 1.97 bits per heavy atom. The minimum Gasteiger partial charge on any atom is -0.459 e. The van der Waals surface area contributed by atoms with Gasteiger partial charge in [-0.2, -0.15) is 0 Å². The summed E-state index contributed by atoms with van der Waals surface area (Å²) < 4.78 is 5.33. The van der Waals surface area contributed by atoms with Gasteiger partial charge in [0.2, 0.25) is 0 Å². The van der Waals surface area contributed by atoms with Crippen LogP contribution in [0.3, 0.4) is 0 Å². The first kappa shape index (κ1) is 21.7. The van der Waals surface area contributed by atoms with Crippen LogP contribution in [0.15, 0.2) is 65.4 Å². The molecule has 4 aromatic rings. The van der Waals surface area contributed by atoms with Crippen LogP contribution in [0.1, 0.15) is 56.6 Å². The molecule has 0 unspecified atom stereocenters. The van der Waals surface area contributed by atoms with Crippen LogP contribution in [0.2, 0.25) is 5.02 Å². The van der Waals surface area contributed by atoms with E-state index in [1.54, 1.807) is 29.7 Å². The van der Waals surface area contributed by atoms with E-state index in [1.807, 2.05) is 43.3 Å². The second kappa shape index (κ2) is 9.41. The van der Waals surface area contributed by atoms with Crippen molar-refractivity contribution in [2.24, 2.45) is 0 Å². The van der Waals surface area contributed by atoms with Gasteiger partial charge in [0.25, 0.3) is 5.91 Å². The van der Waals surface area contributed by atoms with Crippen LogP contribution in [0.5, 0.6) is 0 Å². The lowest BCUT2D eigenvalue weighted by molar-refractivity contribution is 0.0997. The van der Waals surface area contributed by atoms with E-state index in [1.165, 1.54) is 16.7 Å². The number of aromatic nitrogens is 1. The van der Waals surface area contributed by atoms with Crippen molar-refractivity contribution in [2.75, 3.05) is 10.6 Å². The zero-order valence-corrected chi connectivity index (χ0v) is 19.8. The summed E-state index contributed by atoms with van der Waals surface area (Å²) >= 11 is 7.86. The third-order valence-corrected chi connectivity index (χ3v) is 7.36. The number of rotatable bonds is 6. The van der Waals surface area contributed by atoms with Crippen molar-refractivity contribution in [1.29, 1.82) is 0 Å². The second-order valence-corrected chi connectivity index (χ2v) is 9.77. The first-order chi connectivity index (χ1) is 16.1. The average Bonchev–Trinajstić information content (AvgIpc) is 3.47. The van der Waals surface area contributed by atoms with Crippen LogP contribution in [-0.2, 0) is 12.8 Å². The molecule has 1 aromatic carbocycles. The van der Waals surface area contributed by atoms with Crippen molar-refractivity contribution in [3.05, 3.63) is 98.9 Å². The van der Waals surface area contributed by atoms with Gasteiger partial charge in [-0.05, 0) is 85.7 Å². The molecule has 1 atom stereocenters. The fourth-order valence-electron chi connectivity index (χ4n) is 4.30. The zero-order valence-electron chi connectivity index (χ0n) is 18.2. The molecule has 0 spiro atoms. The summed E-state index contributed by atoms with van der Waals surface area (Å²) in [5, 5.41) is 8.30. The number of furan rings is 1. The molecule has 0 saturated carbocycles. The Morgan fingerprint density at radius 3 is 2.73 bits per heavy atom. The molecule has 7 heteroatoms. The minimum atomic E-state index is -0.247. The highest BCUT2D eigenvalue weighted by atomic mass is 35.5. The third kappa shape index (κ3) is 4.68. The molecular formula is C26H24ClN3O2S. The number of fused-ring (bicyclic) bond motifs is 1. The lowest BCUT2D eigenvalue weighted by Gasteiger charge is -2.24. The largest absolute Gasteiger partial charge is 0.459 e. The van der Waals surface area contributed by atoms with Crippen LogP contribution < -0.4 is 10.6 Å². The summed E-state index contributed by atoms with van der Waals surface area (Å²) in [7, 11) is 0. The summed E-state index contributed by atoms with van der Waals surface area (Å²) in [5.74, 6) is 0.834. The molecule has 168 valence electrons. The number of amides is 1. The summed E-state index contributed by atoms with van der Waals surface area (Å²) in [6, 6.07) is 15.1. The molecule has 0 saturated heterocycles. The topological polar surface area (TPSA) is 67.2 Å². The lowest BCUT2D eigenvalue weighted by atomic mass is 9.89. The predicted molar refractivity (Wildman–Crippen MR) is 134 cm³/mol. The molecule has 0 aliphatic heterocycles. The molecule has 2 N–H and O–H groups in total. The van der Waals surface area contributed by atoms with Gasteiger partial charge in [0.1, 0.15) is 10.8 Å². The van der Waals surface area contributed by atoms with Gasteiger partial charge in [0.05, 0.1) is 12.3 Å². The Labute approximate surface area is 201 Å². The van der Waals surface area contributed by atoms with Crippen molar-refractivity contribution in [1.82, 2.24) is 4.98 Å². The summed E-state index contributed by atoms with van der Waals surface area (Å²) in [4.78, 5) is 18.8. The molecule has 0 radical (unpaired) electrons. The Morgan fingerprint density at radius 1 is 1.15 bits per heavy atom. The monoisotopic (exact) mass is 477 g/mol. The SMILES string of the molecule is Cc1ccnc(N[C@H](c2ccc(Cl)cc2)c2c(NC(=O)c3ccco3)sc3c2CCCC3)c1. The molecule has 0 bridgehead atoms. The van der Waals surface area contributed by atoms with Gasteiger partial charge in [-0.1, -0.05) is 23.7 Å². The Balaban J connectivity index is 1.61. The lowest BCUT2D eigenvalue weighted by Crippen LogP contribution is -2.18. The molecule has 3 heterocycles. The molecule has 5 nitrogen and oxygen atoms in total. The maximum absolute atomic E-state index is 12.9. The molecular weight excluding hydrogens is 454 g/mol. The number of hydrogen-bond donors (Lipinski definition) is 2. The third-order valence-electron chi connectivity index (χ3n) is 5.88. The van der Waals surface area contributed by atoms with Crippen LogP contribution in [0, 0.1) is 6.92 Å². The first-order valence-electron chi connectivity index (χ1n) is 11.0. The number of anilines is 2. The van der Waals surface area contributed by atoms with Crippen LogP contribution in [0.25, 0.3) is 0 Å². The van der Waals surface area contributed by atoms with E-state index in [-0.39, 0.29) is 11.9 Å². The number of halogens is 1. The molecule has 33 heavy (non-hydrogen) atoms.